The topological polar surface area (TPSA) is 71.0 Å². The molecular formula is C22H22ClN3O3S. The molecule has 0 saturated carbocycles. The van der Waals surface area contributed by atoms with Crippen LogP contribution in [0.4, 0.5) is 5.69 Å². The molecule has 0 aliphatic carbocycles. The van der Waals surface area contributed by atoms with Gasteiger partial charge in [0, 0.05) is 24.5 Å². The van der Waals surface area contributed by atoms with Crippen molar-refractivity contribution in [3.8, 4) is 11.1 Å². The zero-order chi connectivity index (χ0) is 20.4. The van der Waals surface area contributed by atoms with E-state index in [0.29, 0.717) is 10.5 Å². The number of rotatable bonds is 4. The number of carbonyl (C=O) groups is 2. The molecular weight excluding hydrogens is 422 g/mol. The van der Waals surface area contributed by atoms with E-state index in [0.717, 1.165) is 47.2 Å². The third-order valence-electron chi connectivity index (χ3n) is 4.91. The Kier molecular flexibility index (Phi) is 6.84. The number of amidine groups is 1. The number of allylic oxidation sites excluding steroid dienone is 1. The summed E-state index contributed by atoms with van der Waals surface area (Å²) in [6.07, 6.45) is 1.01. The highest BCUT2D eigenvalue weighted by Gasteiger charge is 2.31. The number of methoxy groups -OCH3 is 1. The number of amides is 1. The molecule has 2 aromatic rings. The molecule has 2 aliphatic rings. The van der Waals surface area contributed by atoms with E-state index in [1.165, 1.54) is 18.9 Å². The maximum atomic E-state index is 12.8. The predicted octanol–water partition coefficient (Wildman–Crippen LogP) is 4.54. The summed E-state index contributed by atoms with van der Waals surface area (Å²) < 4.78 is 4.73. The second-order valence-electron chi connectivity index (χ2n) is 6.79. The van der Waals surface area contributed by atoms with E-state index in [1.807, 2.05) is 43.3 Å². The number of ether oxygens (including phenoxy) is 1. The molecule has 6 nitrogen and oxygen atoms in total. The van der Waals surface area contributed by atoms with Crippen LogP contribution in [0.5, 0.6) is 0 Å². The number of nitrogens with one attached hydrogen (secondary N) is 1. The van der Waals surface area contributed by atoms with Crippen LogP contribution < -0.4 is 5.32 Å². The van der Waals surface area contributed by atoms with E-state index >= 15 is 0 Å². The lowest BCUT2D eigenvalue weighted by atomic mass is 10.0. The fraction of sp³-hybridized carbons (Fsp3) is 0.227. The number of esters is 1. The van der Waals surface area contributed by atoms with E-state index in [-0.39, 0.29) is 24.3 Å². The third-order valence-corrected chi connectivity index (χ3v) is 6.13. The van der Waals surface area contributed by atoms with Crippen LogP contribution in [0.25, 0.3) is 11.1 Å². The number of aliphatic imine (C=N–C) groups is 1. The number of hydrogen-bond donors (Lipinski definition) is 1. The van der Waals surface area contributed by atoms with Crippen molar-refractivity contribution in [2.75, 3.05) is 25.5 Å². The highest BCUT2D eigenvalue weighted by atomic mass is 35.5. The van der Waals surface area contributed by atoms with Crippen molar-refractivity contribution in [1.82, 2.24) is 4.90 Å². The van der Waals surface area contributed by atoms with E-state index in [1.54, 1.807) is 12.1 Å². The second kappa shape index (κ2) is 9.36. The standard InChI is InChI=1S/C22H21N3O3S.ClH/c1-14-19(29-22-23-11-4-12-25(14)22)20(26)24-18-6-3-5-17(13-18)15-7-9-16(10-8-15)21(27)28-2;/h3,5-10,13H,4,11-12H2,1-2H3,(H,24,26);1H. The van der Waals surface area contributed by atoms with Crippen LogP contribution in [0.15, 0.2) is 64.1 Å². The molecule has 0 radical (unpaired) electrons. The number of nitrogens with zero attached hydrogens (tertiary/aromatic N) is 2. The molecule has 30 heavy (non-hydrogen) atoms. The Bertz CT molecular complexity index is 1030. The Balaban J connectivity index is 0.00000256. The first kappa shape index (κ1) is 21.9. The maximum absolute atomic E-state index is 12.8. The Hall–Kier alpha value is -2.77. The molecule has 0 bridgehead atoms. The number of anilines is 1. The zero-order valence-corrected chi connectivity index (χ0v) is 18.3. The lowest BCUT2D eigenvalue weighted by molar-refractivity contribution is -0.112. The molecule has 2 aromatic carbocycles. The van der Waals surface area contributed by atoms with Crippen LogP contribution in [0.3, 0.4) is 0 Å². The molecule has 0 unspecified atom stereocenters. The summed E-state index contributed by atoms with van der Waals surface area (Å²) in [5, 5.41) is 3.91. The van der Waals surface area contributed by atoms with Gasteiger partial charge in [-0.15, -0.1) is 12.4 Å². The monoisotopic (exact) mass is 443 g/mol. The third kappa shape index (κ3) is 4.37. The molecule has 156 valence electrons. The van der Waals surface area contributed by atoms with Crippen LogP contribution in [-0.4, -0.2) is 42.1 Å². The average Bonchev–Trinajstić information content (AvgIpc) is 3.10. The van der Waals surface area contributed by atoms with Crippen LogP contribution in [-0.2, 0) is 9.53 Å². The molecule has 2 aliphatic heterocycles. The van der Waals surface area contributed by atoms with E-state index in [2.05, 4.69) is 15.2 Å². The molecule has 1 N–H and O–H groups in total. The Labute approximate surface area is 185 Å². The Morgan fingerprint density at radius 1 is 1.13 bits per heavy atom. The lowest BCUT2D eigenvalue weighted by Gasteiger charge is -2.23. The van der Waals surface area contributed by atoms with Gasteiger partial charge < -0.3 is 15.0 Å². The maximum Gasteiger partial charge on any atom is 0.337 e. The molecule has 0 fully saturated rings. The molecule has 0 aromatic heterocycles. The number of carbonyl (C=O) groups excluding carboxylic acids is 2. The van der Waals surface area contributed by atoms with Crippen molar-refractivity contribution < 1.29 is 14.3 Å². The van der Waals surface area contributed by atoms with Gasteiger partial charge in [-0.2, -0.15) is 0 Å². The second-order valence-corrected chi connectivity index (χ2v) is 7.77. The molecule has 8 heteroatoms. The smallest absolute Gasteiger partial charge is 0.337 e. The highest BCUT2D eigenvalue weighted by molar-refractivity contribution is 8.18. The van der Waals surface area contributed by atoms with Crippen molar-refractivity contribution in [3.05, 3.63) is 64.7 Å². The van der Waals surface area contributed by atoms with E-state index in [4.69, 9.17) is 4.74 Å². The Morgan fingerprint density at radius 3 is 2.60 bits per heavy atom. The van der Waals surface area contributed by atoms with Gasteiger partial charge in [-0.3, -0.25) is 9.79 Å². The van der Waals surface area contributed by atoms with Gasteiger partial charge in [0.25, 0.3) is 5.91 Å². The number of thioether (sulfide) groups is 1. The fourth-order valence-corrected chi connectivity index (χ4v) is 4.44. The van der Waals surface area contributed by atoms with Gasteiger partial charge in [0.1, 0.15) is 0 Å². The number of fused-ring (bicyclic) bond motifs is 1. The van der Waals surface area contributed by atoms with Crippen molar-refractivity contribution >= 4 is 46.9 Å². The highest BCUT2D eigenvalue weighted by Crippen LogP contribution is 2.36. The normalized spacial score (nSPS) is 15.1. The quantitative estimate of drug-likeness (QED) is 0.702. The van der Waals surface area contributed by atoms with Crippen molar-refractivity contribution in [2.45, 2.75) is 13.3 Å². The van der Waals surface area contributed by atoms with Crippen LogP contribution in [0.2, 0.25) is 0 Å². The molecule has 2 heterocycles. The van der Waals surface area contributed by atoms with Gasteiger partial charge in [-0.05, 0) is 60.5 Å². The predicted molar refractivity (Wildman–Crippen MR) is 123 cm³/mol. The fourth-order valence-electron chi connectivity index (χ4n) is 3.36. The number of hydrogen-bond acceptors (Lipinski definition) is 6. The van der Waals surface area contributed by atoms with Gasteiger partial charge in [-0.1, -0.05) is 24.3 Å². The first-order valence-corrected chi connectivity index (χ1v) is 10.2. The lowest BCUT2D eigenvalue weighted by Crippen LogP contribution is -2.28. The first-order chi connectivity index (χ1) is 14.1. The van der Waals surface area contributed by atoms with Gasteiger partial charge >= 0.3 is 5.97 Å². The average molecular weight is 444 g/mol. The molecule has 1 amide bonds. The minimum atomic E-state index is -0.365. The minimum Gasteiger partial charge on any atom is -0.465 e. The van der Waals surface area contributed by atoms with Crippen LogP contribution in [0, 0.1) is 0 Å². The summed E-state index contributed by atoms with van der Waals surface area (Å²) in [4.78, 5) is 31.8. The van der Waals surface area contributed by atoms with Crippen molar-refractivity contribution in [1.29, 1.82) is 0 Å². The largest absolute Gasteiger partial charge is 0.465 e. The first-order valence-electron chi connectivity index (χ1n) is 9.37. The van der Waals surface area contributed by atoms with Crippen molar-refractivity contribution in [2.24, 2.45) is 4.99 Å². The Morgan fingerprint density at radius 2 is 1.90 bits per heavy atom. The zero-order valence-electron chi connectivity index (χ0n) is 16.7. The van der Waals surface area contributed by atoms with Crippen molar-refractivity contribution in [3.63, 3.8) is 0 Å². The summed E-state index contributed by atoms with van der Waals surface area (Å²) >= 11 is 1.44. The van der Waals surface area contributed by atoms with Gasteiger partial charge in [0.15, 0.2) is 5.17 Å². The summed E-state index contributed by atoms with van der Waals surface area (Å²) in [7, 11) is 1.36. The molecule has 0 atom stereocenters. The molecule has 0 saturated heterocycles. The van der Waals surface area contributed by atoms with Gasteiger partial charge in [0.05, 0.1) is 17.6 Å². The number of halogens is 1. The van der Waals surface area contributed by atoms with E-state index < -0.39 is 0 Å². The number of benzene rings is 2. The van der Waals surface area contributed by atoms with Gasteiger partial charge in [-0.25, -0.2) is 4.79 Å². The van der Waals surface area contributed by atoms with Crippen LogP contribution >= 0.6 is 24.2 Å². The summed E-state index contributed by atoms with van der Waals surface area (Å²) in [5.74, 6) is -0.487. The summed E-state index contributed by atoms with van der Waals surface area (Å²) in [5.41, 5.74) is 4.08. The van der Waals surface area contributed by atoms with E-state index in [9.17, 15) is 9.59 Å². The molecule has 0 spiro atoms. The van der Waals surface area contributed by atoms with Gasteiger partial charge in [0.2, 0.25) is 0 Å². The van der Waals surface area contributed by atoms with Crippen LogP contribution in [0.1, 0.15) is 23.7 Å². The minimum absolute atomic E-state index is 0. The molecule has 4 rings (SSSR count). The summed E-state index contributed by atoms with van der Waals surface area (Å²) in [6, 6.07) is 14.8. The SMILES string of the molecule is COC(=O)c1ccc(-c2cccc(NC(=O)C3=C(C)N4CCCN=C4S3)c2)cc1.Cl. The summed E-state index contributed by atoms with van der Waals surface area (Å²) in [6.45, 7) is 3.69.